The van der Waals surface area contributed by atoms with Gasteiger partial charge >= 0.3 is 0 Å². The minimum absolute atomic E-state index is 0.0580. The number of aromatic nitrogens is 1. The maximum absolute atomic E-state index is 12.4. The summed E-state index contributed by atoms with van der Waals surface area (Å²) >= 11 is 1.61. The summed E-state index contributed by atoms with van der Waals surface area (Å²) in [4.78, 5) is 28.7. The quantitative estimate of drug-likeness (QED) is 0.676. The van der Waals surface area contributed by atoms with Crippen molar-refractivity contribution in [3.63, 3.8) is 0 Å². The monoisotopic (exact) mass is 377 g/mol. The van der Waals surface area contributed by atoms with Gasteiger partial charge in [0.05, 0.1) is 10.7 Å². The molecule has 6 heteroatoms. The Labute approximate surface area is 161 Å². The molecule has 1 aliphatic carbocycles. The second kappa shape index (κ2) is 7.32. The van der Waals surface area contributed by atoms with Gasteiger partial charge in [0.1, 0.15) is 0 Å². The lowest BCUT2D eigenvalue weighted by Gasteiger charge is -2.08. The molecule has 2 amide bonds. The second-order valence-electron chi connectivity index (χ2n) is 6.62. The Kier molecular flexibility index (Phi) is 4.73. The van der Waals surface area contributed by atoms with E-state index in [1.54, 1.807) is 35.6 Å². The van der Waals surface area contributed by atoms with E-state index in [4.69, 9.17) is 0 Å². The Morgan fingerprint density at radius 2 is 1.59 bits per heavy atom. The molecule has 5 nitrogen and oxygen atoms in total. The Morgan fingerprint density at radius 3 is 2.19 bits per heavy atom. The van der Waals surface area contributed by atoms with Crippen molar-refractivity contribution in [1.82, 2.24) is 4.98 Å². The molecular formula is C21H19N3O2S. The zero-order valence-corrected chi connectivity index (χ0v) is 15.7. The van der Waals surface area contributed by atoms with Gasteiger partial charge in [-0.2, -0.15) is 0 Å². The number of amides is 2. The fourth-order valence-corrected chi connectivity index (χ4v) is 3.34. The maximum Gasteiger partial charge on any atom is 0.255 e. The van der Waals surface area contributed by atoms with Crippen molar-refractivity contribution in [3.05, 3.63) is 64.5 Å². The molecule has 2 aromatic carbocycles. The number of thiazole rings is 1. The molecule has 2 N–H and O–H groups in total. The van der Waals surface area contributed by atoms with Gasteiger partial charge in [-0.3, -0.25) is 9.59 Å². The normalized spacial score (nSPS) is 13.2. The smallest absolute Gasteiger partial charge is 0.255 e. The summed E-state index contributed by atoms with van der Waals surface area (Å²) in [6.45, 7) is 1.98. The van der Waals surface area contributed by atoms with Crippen molar-refractivity contribution in [2.24, 2.45) is 5.92 Å². The number of carbonyl (C=O) groups is 2. The highest BCUT2D eigenvalue weighted by molar-refractivity contribution is 7.09. The molecular weight excluding hydrogens is 358 g/mol. The van der Waals surface area contributed by atoms with Crippen LogP contribution in [0, 0.1) is 12.8 Å². The highest BCUT2D eigenvalue weighted by Gasteiger charge is 2.29. The fraction of sp³-hybridized carbons (Fsp3) is 0.190. The first kappa shape index (κ1) is 17.4. The van der Waals surface area contributed by atoms with E-state index in [0.29, 0.717) is 11.3 Å². The van der Waals surface area contributed by atoms with Gasteiger partial charge in [-0.15, -0.1) is 11.3 Å². The molecule has 0 radical (unpaired) electrons. The largest absolute Gasteiger partial charge is 0.326 e. The molecule has 0 spiro atoms. The average molecular weight is 377 g/mol. The Balaban J connectivity index is 1.38. The molecule has 0 bridgehead atoms. The Bertz CT molecular complexity index is 973. The highest BCUT2D eigenvalue weighted by Crippen LogP contribution is 2.30. The van der Waals surface area contributed by atoms with Gasteiger partial charge in [-0.1, -0.05) is 12.1 Å². The topological polar surface area (TPSA) is 71.1 Å². The maximum atomic E-state index is 12.4. The Morgan fingerprint density at radius 1 is 0.963 bits per heavy atom. The van der Waals surface area contributed by atoms with Crippen molar-refractivity contribution in [3.8, 4) is 11.3 Å². The van der Waals surface area contributed by atoms with Crippen molar-refractivity contribution >= 4 is 34.5 Å². The number of rotatable bonds is 5. The van der Waals surface area contributed by atoms with E-state index >= 15 is 0 Å². The zero-order chi connectivity index (χ0) is 18.8. The highest BCUT2D eigenvalue weighted by atomic mass is 32.1. The number of benzene rings is 2. The number of carbonyl (C=O) groups excluding carboxylic acids is 2. The third kappa shape index (κ3) is 4.23. The number of nitrogens with zero attached hydrogens (tertiary/aromatic N) is 1. The molecule has 1 aliphatic rings. The molecule has 0 saturated heterocycles. The van der Waals surface area contributed by atoms with Gasteiger partial charge in [-0.05, 0) is 56.2 Å². The van der Waals surface area contributed by atoms with E-state index in [9.17, 15) is 9.59 Å². The van der Waals surface area contributed by atoms with Gasteiger partial charge in [0, 0.05) is 33.8 Å². The van der Waals surface area contributed by atoms with Crippen LogP contribution >= 0.6 is 11.3 Å². The molecule has 136 valence electrons. The van der Waals surface area contributed by atoms with Crippen LogP contribution in [0.15, 0.2) is 53.9 Å². The standard InChI is InChI=1S/C21H19N3O2S/c1-13-22-19(12-27-13)14-4-8-17(9-5-14)23-21(26)16-6-10-18(11-7-16)24-20(25)15-2-3-15/h4-12,15H,2-3H2,1H3,(H,23,26)(H,24,25). The van der Waals surface area contributed by atoms with E-state index < -0.39 is 0 Å². The van der Waals surface area contributed by atoms with E-state index in [1.165, 1.54) is 0 Å². The summed E-state index contributed by atoms with van der Waals surface area (Å²) in [7, 11) is 0. The summed E-state index contributed by atoms with van der Waals surface area (Å²) < 4.78 is 0. The van der Waals surface area contributed by atoms with E-state index in [0.717, 1.165) is 34.8 Å². The lowest BCUT2D eigenvalue weighted by Crippen LogP contribution is -2.14. The predicted molar refractivity (Wildman–Crippen MR) is 108 cm³/mol. The third-order valence-electron chi connectivity index (χ3n) is 4.42. The van der Waals surface area contributed by atoms with Gasteiger partial charge in [-0.25, -0.2) is 4.98 Å². The van der Waals surface area contributed by atoms with E-state index in [2.05, 4.69) is 15.6 Å². The lowest BCUT2D eigenvalue weighted by atomic mass is 10.1. The summed E-state index contributed by atoms with van der Waals surface area (Å²) in [6, 6.07) is 14.6. The number of anilines is 2. The van der Waals surface area contributed by atoms with Crippen LogP contribution in [0.25, 0.3) is 11.3 Å². The van der Waals surface area contributed by atoms with Gasteiger partial charge < -0.3 is 10.6 Å². The van der Waals surface area contributed by atoms with Crippen LogP contribution in [0.5, 0.6) is 0 Å². The number of hydrogen-bond donors (Lipinski definition) is 2. The van der Waals surface area contributed by atoms with Crippen LogP contribution < -0.4 is 10.6 Å². The van der Waals surface area contributed by atoms with Crippen molar-refractivity contribution in [1.29, 1.82) is 0 Å². The molecule has 27 heavy (non-hydrogen) atoms. The van der Waals surface area contributed by atoms with E-state index in [1.807, 2.05) is 36.6 Å². The summed E-state index contributed by atoms with van der Waals surface area (Å²) in [5, 5.41) is 8.80. The predicted octanol–water partition coefficient (Wildman–Crippen LogP) is 4.72. The molecule has 0 unspecified atom stereocenters. The number of nitrogens with one attached hydrogen (secondary N) is 2. The molecule has 4 rings (SSSR count). The van der Waals surface area contributed by atoms with Crippen molar-refractivity contribution in [2.75, 3.05) is 10.6 Å². The zero-order valence-electron chi connectivity index (χ0n) is 14.9. The first-order valence-electron chi connectivity index (χ1n) is 8.83. The lowest BCUT2D eigenvalue weighted by molar-refractivity contribution is -0.117. The van der Waals surface area contributed by atoms with Crippen LogP contribution in [-0.4, -0.2) is 16.8 Å². The van der Waals surface area contributed by atoms with Crippen LogP contribution in [0.3, 0.4) is 0 Å². The molecule has 0 aliphatic heterocycles. The SMILES string of the molecule is Cc1nc(-c2ccc(NC(=O)c3ccc(NC(=O)C4CC4)cc3)cc2)cs1. The minimum atomic E-state index is -0.188. The first-order chi connectivity index (χ1) is 13.1. The van der Waals surface area contributed by atoms with E-state index in [-0.39, 0.29) is 17.7 Å². The minimum Gasteiger partial charge on any atom is -0.326 e. The summed E-state index contributed by atoms with van der Waals surface area (Å²) in [5.41, 5.74) is 3.94. The van der Waals surface area contributed by atoms with Crippen LogP contribution in [0.4, 0.5) is 11.4 Å². The molecule has 1 heterocycles. The molecule has 1 aromatic heterocycles. The van der Waals surface area contributed by atoms with Gasteiger partial charge in [0.25, 0.3) is 5.91 Å². The fourth-order valence-electron chi connectivity index (χ4n) is 2.72. The molecule has 3 aromatic rings. The number of hydrogen-bond acceptors (Lipinski definition) is 4. The van der Waals surface area contributed by atoms with Crippen LogP contribution in [0.2, 0.25) is 0 Å². The average Bonchev–Trinajstić information content (AvgIpc) is 3.44. The molecule has 0 atom stereocenters. The van der Waals surface area contributed by atoms with Crippen LogP contribution in [0.1, 0.15) is 28.2 Å². The third-order valence-corrected chi connectivity index (χ3v) is 5.19. The second-order valence-corrected chi connectivity index (χ2v) is 7.69. The molecule has 1 fully saturated rings. The Hall–Kier alpha value is -2.99. The summed E-state index contributed by atoms with van der Waals surface area (Å²) in [5.74, 6) is 0.0269. The van der Waals surface area contributed by atoms with Gasteiger partial charge in [0.2, 0.25) is 5.91 Å². The first-order valence-corrected chi connectivity index (χ1v) is 9.71. The van der Waals surface area contributed by atoms with Crippen LogP contribution in [-0.2, 0) is 4.79 Å². The molecule has 1 saturated carbocycles. The van der Waals surface area contributed by atoms with Crippen molar-refractivity contribution < 1.29 is 9.59 Å². The van der Waals surface area contributed by atoms with Crippen molar-refractivity contribution in [2.45, 2.75) is 19.8 Å². The van der Waals surface area contributed by atoms with Gasteiger partial charge in [0.15, 0.2) is 0 Å². The number of aryl methyl sites for hydroxylation is 1. The summed E-state index contributed by atoms with van der Waals surface area (Å²) in [6.07, 6.45) is 1.93.